The van der Waals surface area contributed by atoms with E-state index in [9.17, 15) is 0 Å². The van der Waals surface area contributed by atoms with Crippen LogP contribution in [0.2, 0.25) is 5.02 Å². The second-order valence-corrected chi connectivity index (χ2v) is 3.89. The van der Waals surface area contributed by atoms with Crippen LogP contribution in [0.25, 0.3) is 0 Å². The van der Waals surface area contributed by atoms with Crippen LogP contribution in [0, 0.1) is 0 Å². The molecule has 0 fully saturated rings. The average Bonchev–Trinajstić information content (AvgIpc) is 2.34. The van der Waals surface area contributed by atoms with Crippen LogP contribution in [0.15, 0.2) is 18.2 Å². The van der Waals surface area contributed by atoms with Crippen molar-refractivity contribution in [1.82, 2.24) is 5.32 Å². The number of nitrogens with one attached hydrogen (secondary N) is 1. The van der Waals surface area contributed by atoms with Gasteiger partial charge in [-0.1, -0.05) is 17.7 Å². The molecule has 0 saturated carbocycles. The van der Waals surface area contributed by atoms with Gasteiger partial charge in [-0.2, -0.15) is 0 Å². The van der Waals surface area contributed by atoms with Gasteiger partial charge in [-0.05, 0) is 17.7 Å². The molecule has 0 amide bonds. The van der Waals surface area contributed by atoms with Crippen molar-refractivity contribution in [2.75, 3.05) is 33.5 Å². The van der Waals surface area contributed by atoms with E-state index in [0.29, 0.717) is 24.0 Å². The minimum atomic E-state index is 0.0636. The fourth-order valence-electron chi connectivity index (χ4n) is 1.36. The maximum Gasteiger partial charge on any atom is 0.137 e. The van der Waals surface area contributed by atoms with Gasteiger partial charge in [-0.3, -0.25) is 0 Å². The zero-order valence-corrected chi connectivity index (χ0v) is 10.7. The first kappa shape index (κ1) is 14.3. The number of aliphatic hydroxyl groups is 1. The quantitative estimate of drug-likeness (QED) is 0.694. The smallest absolute Gasteiger partial charge is 0.137 e. The summed E-state index contributed by atoms with van der Waals surface area (Å²) in [4.78, 5) is 0. The van der Waals surface area contributed by atoms with Gasteiger partial charge in [0.1, 0.15) is 5.75 Å². The molecule has 96 valence electrons. The molecule has 1 aromatic rings. The lowest BCUT2D eigenvalue weighted by Gasteiger charge is -2.07. The summed E-state index contributed by atoms with van der Waals surface area (Å²) in [5, 5.41) is 12.3. The van der Waals surface area contributed by atoms with Gasteiger partial charge in [0, 0.05) is 13.1 Å². The zero-order valence-electron chi connectivity index (χ0n) is 9.91. The van der Waals surface area contributed by atoms with Crippen LogP contribution < -0.4 is 10.1 Å². The number of aliphatic hydroxyl groups excluding tert-OH is 1. The molecule has 17 heavy (non-hydrogen) atoms. The van der Waals surface area contributed by atoms with E-state index in [-0.39, 0.29) is 6.61 Å². The summed E-state index contributed by atoms with van der Waals surface area (Å²) in [6.45, 7) is 2.50. The molecule has 0 spiro atoms. The molecule has 1 aromatic carbocycles. The molecule has 0 unspecified atom stereocenters. The van der Waals surface area contributed by atoms with Gasteiger partial charge in [-0.25, -0.2) is 0 Å². The molecule has 0 saturated heterocycles. The molecule has 0 heterocycles. The molecule has 5 heteroatoms. The van der Waals surface area contributed by atoms with Crippen LogP contribution in [0.4, 0.5) is 0 Å². The van der Waals surface area contributed by atoms with Gasteiger partial charge in [0.15, 0.2) is 0 Å². The maximum absolute atomic E-state index is 8.51. The third kappa shape index (κ3) is 5.37. The van der Waals surface area contributed by atoms with Crippen LogP contribution in [-0.2, 0) is 11.3 Å². The number of benzene rings is 1. The minimum Gasteiger partial charge on any atom is -0.495 e. The minimum absolute atomic E-state index is 0.0636. The van der Waals surface area contributed by atoms with Crippen LogP contribution >= 0.6 is 11.6 Å². The monoisotopic (exact) mass is 259 g/mol. The van der Waals surface area contributed by atoms with Gasteiger partial charge < -0.3 is 19.9 Å². The average molecular weight is 260 g/mol. The molecule has 0 atom stereocenters. The van der Waals surface area contributed by atoms with Gasteiger partial charge in [0.2, 0.25) is 0 Å². The van der Waals surface area contributed by atoms with Crippen LogP contribution in [0.3, 0.4) is 0 Å². The summed E-state index contributed by atoms with van der Waals surface area (Å²) in [5.41, 5.74) is 1.10. The molecule has 4 nitrogen and oxygen atoms in total. The second-order valence-electron chi connectivity index (χ2n) is 3.48. The standard InChI is InChI=1S/C12H18ClNO3/c1-16-12-3-2-10(8-11(12)13)9-14-4-6-17-7-5-15/h2-3,8,14-15H,4-7,9H2,1H3. The van der Waals surface area contributed by atoms with E-state index in [2.05, 4.69) is 5.32 Å². The summed E-state index contributed by atoms with van der Waals surface area (Å²) >= 11 is 6.01. The molecular formula is C12H18ClNO3. The third-order valence-electron chi connectivity index (χ3n) is 2.20. The maximum atomic E-state index is 8.51. The van der Waals surface area contributed by atoms with Gasteiger partial charge in [-0.15, -0.1) is 0 Å². The molecule has 1 rings (SSSR count). The van der Waals surface area contributed by atoms with E-state index in [0.717, 1.165) is 18.7 Å². The molecule has 2 N–H and O–H groups in total. The number of ether oxygens (including phenoxy) is 2. The van der Waals surface area contributed by atoms with Crippen molar-refractivity contribution in [2.45, 2.75) is 6.54 Å². The van der Waals surface area contributed by atoms with E-state index < -0.39 is 0 Å². The Hall–Kier alpha value is -0.810. The van der Waals surface area contributed by atoms with Crippen LogP contribution in [-0.4, -0.2) is 38.6 Å². The molecule has 0 aliphatic heterocycles. The molecule has 0 radical (unpaired) electrons. The Balaban J connectivity index is 2.25. The topological polar surface area (TPSA) is 50.7 Å². The predicted molar refractivity (Wildman–Crippen MR) is 67.6 cm³/mol. The first-order chi connectivity index (χ1) is 8.27. The third-order valence-corrected chi connectivity index (χ3v) is 2.50. The SMILES string of the molecule is COc1ccc(CNCCOCCO)cc1Cl. The van der Waals surface area contributed by atoms with Crippen molar-refractivity contribution >= 4 is 11.6 Å². The summed E-state index contributed by atoms with van der Waals surface area (Å²) in [7, 11) is 1.59. The summed E-state index contributed by atoms with van der Waals surface area (Å²) < 4.78 is 10.2. The first-order valence-electron chi connectivity index (χ1n) is 5.49. The summed E-state index contributed by atoms with van der Waals surface area (Å²) in [5.74, 6) is 0.682. The number of halogens is 1. The fourth-order valence-corrected chi connectivity index (χ4v) is 1.64. The normalized spacial score (nSPS) is 10.5. The molecule has 0 aliphatic carbocycles. The number of hydrogen-bond donors (Lipinski definition) is 2. The Bertz CT molecular complexity index is 334. The highest BCUT2D eigenvalue weighted by molar-refractivity contribution is 6.32. The van der Waals surface area contributed by atoms with E-state index >= 15 is 0 Å². The Morgan fingerprint density at radius 3 is 2.82 bits per heavy atom. The number of rotatable bonds is 8. The highest BCUT2D eigenvalue weighted by Gasteiger charge is 2.01. The molecule has 0 aromatic heterocycles. The van der Waals surface area contributed by atoms with Crippen molar-refractivity contribution in [2.24, 2.45) is 0 Å². The Morgan fingerprint density at radius 1 is 1.35 bits per heavy atom. The van der Waals surface area contributed by atoms with E-state index in [4.69, 9.17) is 26.2 Å². The number of hydrogen-bond acceptors (Lipinski definition) is 4. The van der Waals surface area contributed by atoms with Crippen molar-refractivity contribution in [1.29, 1.82) is 0 Å². The van der Waals surface area contributed by atoms with Gasteiger partial charge >= 0.3 is 0 Å². The fraction of sp³-hybridized carbons (Fsp3) is 0.500. The van der Waals surface area contributed by atoms with Crippen LogP contribution in [0.5, 0.6) is 5.75 Å². The predicted octanol–water partition coefficient (Wildman–Crippen LogP) is 1.45. The largest absolute Gasteiger partial charge is 0.495 e. The van der Waals surface area contributed by atoms with Gasteiger partial charge in [0.25, 0.3) is 0 Å². The second kappa shape index (κ2) is 8.31. The van der Waals surface area contributed by atoms with Gasteiger partial charge in [0.05, 0.1) is 32.0 Å². The van der Waals surface area contributed by atoms with Crippen LogP contribution in [0.1, 0.15) is 5.56 Å². The zero-order chi connectivity index (χ0) is 12.5. The lowest BCUT2D eigenvalue weighted by atomic mass is 10.2. The molecule has 0 bridgehead atoms. The Morgan fingerprint density at radius 2 is 2.18 bits per heavy atom. The molecule has 0 aliphatic rings. The van der Waals surface area contributed by atoms with E-state index in [1.807, 2.05) is 18.2 Å². The number of methoxy groups -OCH3 is 1. The lowest BCUT2D eigenvalue weighted by Crippen LogP contribution is -2.20. The van der Waals surface area contributed by atoms with E-state index in [1.165, 1.54) is 0 Å². The van der Waals surface area contributed by atoms with Crippen molar-refractivity contribution in [3.05, 3.63) is 28.8 Å². The highest BCUT2D eigenvalue weighted by Crippen LogP contribution is 2.24. The molecular weight excluding hydrogens is 242 g/mol. The van der Waals surface area contributed by atoms with E-state index in [1.54, 1.807) is 7.11 Å². The lowest BCUT2D eigenvalue weighted by molar-refractivity contribution is 0.0938. The first-order valence-corrected chi connectivity index (χ1v) is 5.87. The summed E-state index contributed by atoms with van der Waals surface area (Å²) in [6, 6.07) is 5.69. The Kier molecular flexibility index (Phi) is 6.96. The van der Waals surface area contributed by atoms with Crippen molar-refractivity contribution in [3.63, 3.8) is 0 Å². The van der Waals surface area contributed by atoms with Crippen molar-refractivity contribution in [3.8, 4) is 5.75 Å². The highest BCUT2D eigenvalue weighted by atomic mass is 35.5. The summed E-state index contributed by atoms with van der Waals surface area (Å²) in [6.07, 6.45) is 0. The Labute approximate surface area is 106 Å². The van der Waals surface area contributed by atoms with Crippen molar-refractivity contribution < 1.29 is 14.6 Å².